The van der Waals surface area contributed by atoms with Gasteiger partial charge < -0.3 is 9.15 Å². The summed E-state index contributed by atoms with van der Waals surface area (Å²) in [5.41, 5.74) is 1.84. The van der Waals surface area contributed by atoms with E-state index in [4.69, 9.17) is 9.15 Å². The standard InChI is InChI=1S/C17H14FN3O4/c1-11-4-2-3-5-12(11)8-16-19-20-17(25-16)10-24-15-7-6-13(21(22)23)9-14(15)18/h2-7,9H,8,10H2,1H3. The fraction of sp³-hybridized carbons (Fsp3) is 0.176. The molecule has 0 saturated heterocycles. The Balaban J connectivity index is 1.64. The number of hydrogen-bond acceptors (Lipinski definition) is 6. The van der Waals surface area contributed by atoms with Gasteiger partial charge in [-0.2, -0.15) is 0 Å². The second-order valence-electron chi connectivity index (χ2n) is 5.35. The largest absolute Gasteiger partial charge is 0.481 e. The van der Waals surface area contributed by atoms with Crippen LogP contribution in [0.3, 0.4) is 0 Å². The maximum Gasteiger partial charge on any atom is 0.272 e. The molecular formula is C17H14FN3O4. The van der Waals surface area contributed by atoms with E-state index in [9.17, 15) is 14.5 Å². The quantitative estimate of drug-likeness (QED) is 0.502. The Hall–Kier alpha value is -3.29. The van der Waals surface area contributed by atoms with Gasteiger partial charge in [0.25, 0.3) is 11.6 Å². The summed E-state index contributed by atoms with van der Waals surface area (Å²) in [7, 11) is 0. The molecule has 3 rings (SSSR count). The van der Waals surface area contributed by atoms with Crippen LogP contribution < -0.4 is 4.74 Å². The Labute approximate surface area is 142 Å². The Morgan fingerprint density at radius 3 is 2.68 bits per heavy atom. The molecule has 0 saturated carbocycles. The molecule has 0 N–H and O–H groups in total. The van der Waals surface area contributed by atoms with Gasteiger partial charge >= 0.3 is 0 Å². The van der Waals surface area contributed by atoms with Crippen molar-refractivity contribution in [1.82, 2.24) is 10.2 Å². The van der Waals surface area contributed by atoms with E-state index < -0.39 is 10.7 Å². The van der Waals surface area contributed by atoms with Gasteiger partial charge in [-0.25, -0.2) is 4.39 Å². The molecule has 0 aliphatic carbocycles. The summed E-state index contributed by atoms with van der Waals surface area (Å²) < 4.78 is 24.5. The van der Waals surface area contributed by atoms with E-state index in [1.165, 1.54) is 6.07 Å². The zero-order chi connectivity index (χ0) is 17.8. The van der Waals surface area contributed by atoms with Gasteiger partial charge in [-0.1, -0.05) is 24.3 Å². The van der Waals surface area contributed by atoms with Crippen molar-refractivity contribution in [1.29, 1.82) is 0 Å². The molecule has 1 aromatic heterocycles. The molecule has 0 atom stereocenters. The van der Waals surface area contributed by atoms with Crippen molar-refractivity contribution in [2.75, 3.05) is 0 Å². The van der Waals surface area contributed by atoms with Crippen LogP contribution >= 0.6 is 0 Å². The van der Waals surface area contributed by atoms with Crippen LogP contribution in [0, 0.1) is 22.9 Å². The maximum atomic E-state index is 13.8. The third kappa shape index (κ3) is 3.97. The number of nitro groups is 1. The summed E-state index contributed by atoms with van der Waals surface area (Å²) in [6.07, 6.45) is 0.492. The Bertz CT molecular complexity index is 910. The highest BCUT2D eigenvalue weighted by atomic mass is 19.1. The molecule has 8 heteroatoms. The number of halogens is 1. The Kier molecular flexibility index (Phi) is 4.69. The van der Waals surface area contributed by atoms with E-state index in [1.807, 2.05) is 31.2 Å². The zero-order valence-corrected chi connectivity index (χ0v) is 13.3. The SMILES string of the molecule is Cc1ccccc1Cc1nnc(COc2ccc([N+](=O)[O-])cc2F)o1. The molecule has 3 aromatic rings. The number of nitrogens with zero attached hydrogens (tertiary/aromatic N) is 3. The molecule has 0 bridgehead atoms. The van der Waals surface area contributed by atoms with Crippen molar-refractivity contribution in [2.45, 2.75) is 20.0 Å². The first-order valence-electron chi connectivity index (χ1n) is 7.45. The lowest BCUT2D eigenvalue weighted by Gasteiger charge is -2.04. The fourth-order valence-corrected chi connectivity index (χ4v) is 2.25. The van der Waals surface area contributed by atoms with Gasteiger partial charge in [0, 0.05) is 6.07 Å². The van der Waals surface area contributed by atoms with Crippen LogP contribution in [0.5, 0.6) is 5.75 Å². The monoisotopic (exact) mass is 343 g/mol. The lowest BCUT2D eigenvalue weighted by molar-refractivity contribution is -0.385. The van der Waals surface area contributed by atoms with Gasteiger partial charge in [-0.15, -0.1) is 10.2 Å². The lowest BCUT2D eigenvalue weighted by atomic mass is 10.1. The van der Waals surface area contributed by atoms with Crippen LogP contribution in [0.25, 0.3) is 0 Å². The van der Waals surface area contributed by atoms with Gasteiger partial charge in [-0.05, 0) is 24.1 Å². The van der Waals surface area contributed by atoms with Crippen LogP contribution in [-0.2, 0) is 13.0 Å². The first-order chi connectivity index (χ1) is 12.0. The molecule has 2 aromatic carbocycles. The average Bonchev–Trinajstić information content (AvgIpc) is 3.03. The minimum absolute atomic E-state index is 0.121. The van der Waals surface area contributed by atoms with Crippen molar-refractivity contribution in [3.63, 3.8) is 0 Å². The summed E-state index contributed by atoms with van der Waals surface area (Å²) in [4.78, 5) is 9.91. The van der Waals surface area contributed by atoms with Crippen molar-refractivity contribution in [2.24, 2.45) is 0 Å². The molecule has 25 heavy (non-hydrogen) atoms. The first-order valence-corrected chi connectivity index (χ1v) is 7.45. The van der Waals surface area contributed by atoms with E-state index in [-0.39, 0.29) is 23.9 Å². The highest BCUT2D eigenvalue weighted by Crippen LogP contribution is 2.23. The normalized spacial score (nSPS) is 10.6. The number of aryl methyl sites for hydroxylation is 1. The van der Waals surface area contributed by atoms with E-state index in [0.717, 1.165) is 23.3 Å². The smallest absolute Gasteiger partial charge is 0.272 e. The number of rotatable bonds is 6. The Morgan fingerprint density at radius 2 is 1.96 bits per heavy atom. The minimum Gasteiger partial charge on any atom is -0.481 e. The van der Waals surface area contributed by atoms with Crippen LogP contribution in [-0.4, -0.2) is 15.1 Å². The highest BCUT2D eigenvalue weighted by molar-refractivity contribution is 5.37. The van der Waals surface area contributed by atoms with Gasteiger partial charge in [0.05, 0.1) is 17.4 Å². The topological polar surface area (TPSA) is 91.3 Å². The van der Waals surface area contributed by atoms with Gasteiger partial charge in [0.15, 0.2) is 18.2 Å². The van der Waals surface area contributed by atoms with E-state index >= 15 is 0 Å². The number of benzene rings is 2. The molecule has 0 fully saturated rings. The molecule has 0 radical (unpaired) electrons. The molecule has 0 spiro atoms. The Morgan fingerprint density at radius 1 is 1.20 bits per heavy atom. The summed E-state index contributed by atoms with van der Waals surface area (Å²) >= 11 is 0. The number of nitro benzene ring substituents is 1. The summed E-state index contributed by atoms with van der Waals surface area (Å²) in [6, 6.07) is 11.0. The van der Waals surface area contributed by atoms with Crippen molar-refractivity contribution >= 4 is 5.69 Å². The van der Waals surface area contributed by atoms with E-state index in [0.29, 0.717) is 12.3 Å². The third-order valence-corrected chi connectivity index (χ3v) is 3.59. The van der Waals surface area contributed by atoms with Crippen LogP contribution in [0.2, 0.25) is 0 Å². The van der Waals surface area contributed by atoms with E-state index in [2.05, 4.69) is 10.2 Å². The number of ether oxygens (including phenoxy) is 1. The molecular weight excluding hydrogens is 329 g/mol. The van der Waals surface area contributed by atoms with Gasteiger partial charge in [-0.3, -0.25) is 10.1 Å². The van der Waals surface area contributed by atoms with Crippen LogP contribution in [0.15, 0.2) is 46.9 Å². The predicted octanol–water partition coefficient (Wildman–Crippen LogP) is 3.60. The average molecular weight is 343 g/mol. The summed E-state index contributed by atoms with van der Waals surface area (Å²) in [6.45, 7) is 1.86. The molecule has 0 aliphatic heterocycles. The van der Waals surface area contributed by atoms with E-state index in [1.54, 1.807) is 0 Å². The first kappa shape index (κ1) is 16.6. The maximum absolute atomic E-state index is 13.8. The molecule has 1 heterocycles. The second kappa shape index (κ2) is 7.08. The molecule has 7 nitrogen and oxygen atoms in total. The predicted molar refractivity (Wildman–Crippen MR) is 85.7 cm³/mol. The van der Waals surface area contributed by atoms with Gasteiger partial charge in [0.1, 0.15) is 0 Å². The highest BCUT2D eigenvalue weighted by Gasteiger charge is 2.13. The summed E-state index contributed by atoms with van der Waals surface area (Å²) in [5, 5.41) is 18.4. The molecule has 0 aliphatic rings. The van der Waals surface area contributed by atoms with Gasteiger partial charge in [0.2, 0.25) is 5.89 Å². The second-order valence-corrected chi connectivity index (χ2v) is 5.35. The third-order valence-electron chi connectivity index (χ3n) is 3.59. The molecule has 0 unspecified atom stereocenters. The van der Waals surface area contributed by atoms with Crippen molar-refractivity contribution in [3.8, 4) is 5.75 Å². The number of non-ortho nitro benzene ring substituents is 1. The van der Waals surface area contributed by atoms with Crippen LogP contribution in [0.1, 0.15) is 22.9 Å². The lowest BCUT2D eigenvalue weighted by Crippen LogP contribution is -1.98. The summed E-state index contributed by atoms with van der Waals surface area (Å²) in [5.74, 6) is -0.323. The number of hydrogen-bond donors (Lipinski definition) is 0. The van der Waals surface area contributed by atoms with Crippen LogP contribution in [0.4, 0.5) is 10.1 Å². The number of aromatic nitrogens is 2. The minimum atomic E-state index is -0.825. The van der Waals surface area contributed by atoms with Crippen molar-refractivity contribution in [3.05, 3.63) is 81.3 Å². The molecule has 128 valence electrons. The van der Waals surface area contributed by atoms with Crippen molar-refractivity contribution < 1.29 is 18.5 Å². The fourth-order valence-electron chi connectivity index (χ4n) is 2.25. The zero-order valence-electron chi connectivity index (χ0n) is 13.3. The molecule has 0 amide bonds.